The third-order valence-corrected chi connectivity index (χ3v) is 6.59. The molecule has 0 radical (unpaired) electrons. The van der Waals surface area contributed by atoms with Gasteiger partial charge in [0.15, 0.2) is 11.4 Å². The fourth-order valence-electron chi connectivity index (χ4n) is 4.05. The molecule has 1 N–H and O–H groups in total. The number of piperidine rings is 1. The van der Waals surface area contributed by atoms with Gasteiger partial charge in [0.05, 0.1) is 11.9 Å². The van der Waals surface area contributed by atoms with Gasteiger partial charge in [0, 0.05) is 44.5 Å². The van der Waals surface area contributed by atoms with Crippen molar-refractivity contribution in [3.8, 4) is 5.75 Å². The van der Waals surface area contributed by atoms with Crippen molar-refractivity contribution in [2.24, 2.45) is 5.92 Å². The molecule has 2 atom stereocenters. The van der Waals surface area contributed by atoms with Crippen LogP contribution in [0.1, 0.15) is 18.5 Å². The molecule has 0 aliphatic carbocycles. The molecule has 2 bridgehead atoms. The first-order valence-corrected chi connectivity index (χ1v) is 10.6. The van der Waals surface area contributed by atoms with Gasteiger partial charge in [-0.3, -0.25) is 14.1 Å². The van der Waals surface area contributed by atoms with E-state index < -0.39 is 10.0 Å². The number of hydrogen-bond donors (Lipinski definition) is 1. The highest BCUT2D eigenvalue weighted by atomic mass is 32.2. The van der Waals surface area contributed by atoms with Crippen LogP contribution in [0.3, 0.4) is 0 Å². The minimum absolute atomic E-state index is 0.0351. The molecule has 3 fully saturated rings. The molecule has 5 rings (SSSR count). The second-order valence-corrected chi connectivity index (χ2v) is 9.26. The lowest BCUT2D eigenvalue weighted by molar-refractivity contribution is 0.124. The highest BCUT2D eigenvalue weighted by molar-refractivity contribution is 7.88. The van der Waals surface area contributed by atoms with E-state index in [2.05, 4.69) is 9.88 Å². The van der Waals surface area contributed by atoms with E-state index in [0.29, 0.717) is 31.2 Å². The molecule has 2 aromatic rings. The van der Waals surface area contributed by atoms with E-state index >= 15 is 0 Å². The fourth-order valence-corrected chi connectivity index (χ4v) is 4.97. The van der Waals surface area contributed by atoms with Crippen molar-refractivity contribution in [3.63, 3.8) is 0 Å². The summed E-state index contributed by atoms with van der Waals surface area (Å²) in [4.78, 5) is 19.0. The van der Waals surface area contributed by atoms with Crippen LogP contribution in [0, 0.1) is 5.92 Å². The first kappa shape index (κ1) is 17.4. The monoisotopic (exact) mass is 378 g/mol. The summed E-state index contributed by atoms with van der Waals surface area (Å²) < 4.78 is 26.8. The number of rotatable bonds is 3. The average Bonchev–Trinajstić information content (AvgIpc) is 2.88. The SMILES string of the molecule is CS(=O)(=O)N1C[C@H]2CC[C@@H](C1)N(Cc1cc(=O)n3cccc(O)c3n1)C2. The van der Waals surface area contributed by atoms with Crippen molar-refractivity contribution in [1.82, 2.24) is 18.6 Å². The van der Waals surface area contributed by atoms with Gasteiger partial charge in [-0.2, -0.15) is 0 Å². The number of nitrogens with zero attached hydrogens (tertiary/aromatic N) is 4. The number of sulfonamides is 1. The van der Waals surface area contributed by atoms with E-state index in [-0.39, 0.29) is 23.0 Å². The van der Waals surface area contributed by atoms with E-state index in [9.17, 15) is 18.3 Å². The van der Waals surface area contributed by atoms with Crippen LogP contribution in [0.2, 0.25) is 0 Å². The highest BCUT2D eigenvalue weighted by Gasteiger charge is 2.37. The number of aromatic nitrogens is 2. The maximum absolute atomic E-state index is 12.3. The fraction of sp³-hybridized carbons (Fsp3) is 0.529. The Morgan fingerprint density at radius 1 is 1.27 bits per heavy atom. The molecule has 5 heterocycles. The van der Waals surface area contributed by atoms with Crippen LogP contribution in [0.25, 0.3) is 5.65 Å². The van der Waals surface area contributed by atoms with Crippen LogP contribution in [-0.2, 0) is 16.6 Å². The quantitative estimate of drug-likeness (QED) is 0.823. The summed E-state index contributed by atoms with van der Waals surface area (Å²) in [6.07, 6.45) is 4.79. The smallest absolute Gasteiger partial charge is 0.258 e. The van der Waals surface area contributed by atoms with Crippen LogP contribution in [0.5, 0.6) is 5.75 Å². The molecule has 0 amide bonds. The lowest BCUT2D eigenvalue weighted by Gasteiger charge is -2.35. The first-order chi connectivity index (χ1) is 12.3. The van der Waals surface area contributed by atoms with Crippen molar-refractivity contribution in [3.05, 3.63) is 40.4 Å². The highest BCUT2D eigenvalue weighted by Crippen LogP contribution is 2.30. The predicted molar refractivity (Wildman–Crippen MR) is 96.5 cm³/mol. The maximum Gasteiger partial charge on any atom is 0.258 e. The lowest BCUT2D eigenvalue weighted by Crippen LogP contribution is -2.44. The Morgan fingerprint density at radius 3 is 2.85 bits per heavy atom. The summed E-state index contributed by atoms with van der Waals surface area (Å²) in [7, 11) is -3.21. The molecule has 0 saturated carbocycles. The predicted octanol–water partition coefficient (Wildman–Crippen LogP) is 0.256. The molecule has 0 spiro atoms. The third-order valence-electron chi connectivity index (χ3n) is 5.35. The molecule has 0 unspecified atom stereocenters. The Hall–Kier alpha value is -1.97. The molecule has 26 heavy (non-hydrogen) atoms. The van der Waals surface area contributed by atoms with Crippen LogP contribution < -0.4 is 5.56 Å². The molecule has 9 heteroatoms. The van der Waals surface area contributed by atoms with E-state index in [0.717, 1.165) is 19.4 Å². The van der Waals surface area contributed by atoms with E-state index in [1.807, 2.05) is 0 Å². The van der Waals surface area contributed by atoms with Crippen molar-refractivity contribution < 1.29 is 13.5 Å². The molecule has 3 aliphatic rings. The van der Waals surface area contributed by atoms with Crippen LogP contribution in [0.4, 0.5) is 0 Å². The second-order valence-electron chi connectivity index (χ2n) is 7.28. The van der Waals surface area contributed by atoms with Crippen molar-refractivity contribution in [2.45, 2.75) is 25.4 Å². The summed E-state index contributed by atoms with van der Waals surface area (Å²) in [5.41, 5.74) is 0.598. The van der Waals surface area contributed by atoms with Crippen LogP contribution >= 0.6 is 0 Å². The third kappa shape index (κ3) is 3.22. The van der Waals surface area contributed by atoms with Gasteiger partial charge in [0.2, 0.25) is 10.0 Å². The standard InChI is InChI=1S/C17H22N4O4S/c1-26(24,25)20-9-12-4-5-14(11-20)19(8-12)10-13-7-16(23)21-6-2-3-15(22)17(21)18-13/h2-3,6-7,12,14,22H,4-5,8-11H2,1H3/t12-,14-/m0/s1. The van der Waals surface area contributed by atoms with Gasteiger partial charge in [-0.15, -0.1) is 0 Å². The van der Waals surface area contributed by atoms with Crippen molar-refractivity contribution in [2.75, 3.05) is 25.9 Å². The van der Waals surface area contributed by atoms with Gasteiger partial charge in [0.25, 0.3) is 5.56 Å². The Balaban J connectivity index is 1.63. The number of fused-ring (bicyclic) bond motifs is 5. The van der Waals surface area contributed by atoms with E-state index in [1.165, 1.54) is 22.8 Å². The number of pyridine rings is 1. The molecular formula is C17H22N4O4S. The van der Waals surface area contributed by atoms with E-state index in [1.54, 1.807) is 16.6 Å². The minimum atomic E-state index is -3.21. The van der Waals surface area contributed by atoms with Gasteiger partial charge >= 0.3 is 0 Å². The molecule has 2 aromatic heterocycles. The van der Waals surface area contributed by atoms with Crippen molar-refractivity contribution >= 4 is 15.7 Å². The summed E-state index contributed by atoms with van der Waals surface area (Å²) in [5, 5.41) is 9.99. The molecule has 8 nitrogen and oxygen atoms in total. The normalized spacial score (nSPS) is 24.8. The van der Waals surface area contributed by atoms with Crippen LogP contribution in [0.15, 0.2) is 29.2 Å². The van der Waals surface area contributed by atoms with Gasteiger partial charge in [-0.25, -0.2) is 17.7 Å². The molecule has 3 aliphatic heterocycles. The summed E-state index contributed by atoms with van der Waals surface area (Å²) >= 11 is 0. The zero-order chi connectivity index (χ0) is 18.5. The minimum Gasteiger partial charge on any atom is -0.504 e. The Bertz CT molecular complexity index is 1000. The topological polar surface area (TPSA) is 95.2 Å². The molecule has 140 valence electrons. The van der Waals surface area contributed by atoms with E-state index in [4.69, 9.17) is 0 Å². The first-order valence-electron chi connectivity index (χ1n) is 8.71. The lowest BCUT2D eigenvalue weighted by atomic mass is 9.95. The van der Waals surface area contributed by atoms with Crippen LogP contribution in [-0.4, -0.2) is 64.0 Å². The Kier molecular flexibility index (Phi) is 4.25. The van der Waals surface area contributed by atoms with Gasteiger partial charge in [-0.1, -0.05) is 0 Å². The Labute approximate surface area is 151 Å². The summed E-state index contributed by atoms with van der Waals surface area (Å²) in [6, 6.07) is 4.70. The molecule has 0 aromatic carbocycles. The molecule has 3 saturated heterocycles. The van der Waals surface area contributed by atoms with Gasteiger partial charge in [0.1, 0.15) is 0 Å². The average molecular weight is 378 g/mol. The van der Waals surface area contributed by atoms with Gasteiger partial charge < -0.3 is 5.11 Å². The summed E-state index contributed by atoms with van der Waals surface area (Å²) in [5.74, 6) is 0.255. The molecular weight excluding hydrogens is 356 g/mol. The number of aromatic hydroxyl groups is 1. The maximum atomic E-state index is 12.3. The Morgan fingerprint density at radius 2 is 2.08 bits per heavy atom. The van der Waals surface area contributed by atoms with Crippen molar-refractivity contribution in [1.29, 1.82) is 0 Å². The summed E-state index contributed by atoms with van der Waals surface area (Å²) in [6.45, 7) is 2.30. The zero-order valence-corrected chi connectivity index (χ0v) is 15.4. The second kappa shape index (κ2) is 6.33. The largest absolute Gasteiger partial charge is 0.504 e. The van der Waals surface area contributed by atoms with Gasteiger partial charge in [-0.05, 0) is 30.9 Å². The number of hydrogen-bond acceptors (Lipinski definition) is 6. The zero-order valence-electron chi connectivity index (χ0n) is 14.6.